The van der Waals surface area contributed by atoms with Gasteiger partial charge in [0.15, 0.2) is 16.6 Å². The van der Waals surface area contributed by atoms with Crippen LogP contribution in [0.2, 0.25) is 0 Å². The monoisotopic (exact) mass is 396 g/mol. The molecule has 1 fully saturated rings. The number of nitrogens with zero attached hydrogens (tertiary/aromatic N) is 3. The molecule has 0 spiro atoms. The van der Waals surface area contributed by atoms with Gasteiger partial charge >= 0.3 is 0 Å². The Bertz CT molecular complexity index is 1020. The Balaban J connectivity index is 1.64. The van der Waals surface area contributed by atoms with Gasteiger partial charge in [0.2, 0.25) is 0 Å². The fourth-order valence-electron chi connectivity index (χ4n) is 3.56. The van der Waals surface area contributed by atoms with Crippen LogP contribution in [0.4, 0.5) is 5.69 Å². The van der Waals surface area contributed by atoms with Crippen LogP contribution in [0.15, 0.2) is 30.3 Å². The van der Waals surface area contributed by atoms with Gasteiger partial charge in [0.25, 0.3) is 0 Å². The third kappa shape index (κ3) is 3.80. The van der Waals surface area contributed by atoms with Gasteiger partial charge in [-0.1, -0.05) is 12.8 Å². The van der Waals surface area contributed by atoms with E-state index in [4.69, 9.17) is 31.7 Å². The van der Waals surface area contributed by atoms with Gasteiger partial charge in [0, 0.05) is 30.9 Å². The minimum absolute atomic E-state index is 0.639. The predicted octanol–water partition coefficient (Wildman–Crippen LogP) is 4.37. The third-order valence-corrected chi connectivity index (χ3v) is 5.44. The Morgan fingerprint density at radius 1 is 0.857 bits per heavy atom. The lowest BCUT2D eigenvalue weighted by Gasteiger charge is -2.24. The topological polar surface area (TPSA) is 59.5 Å². The van der Waals surface area contributed by atoms with E-state index >= 15 is 0 Å². The number of aromatic nitrogens is 2. The second kappa shape index (κ2) is 8.14. The normalized spacial score (nSPS) is 14.7. The lowest BCUT2D eigenvalue weighted by Crippen LogP contribution is -2.35. The van der Waals surface area contributed by atoms with Gasteiger partial charge in [-0.25, -0.2) is 9.97 Å². The Kier molecular flexibility index (Phi) is 5.43. The molecule has 1 aromatic heterocycles. The Morgan fingerprint density at radius 3 is 2.04 bits per heavy atom. The van der Waals surface area contributed by atoms with E-state index in [9.17, 15) is 0 Å². The molecule has 0 amide bonds. The van der Waals surface area contributed by atoms with Crippen molar-refractivity contribution in [3.8, 4) is 11.5 Å². The molecule has 0 unspecified atom stereocenters. The molecule has 1 aliphatic rings. The number of rotatable bonds is 3. The fourth-order valence-corrected chi connectivity index (χ4v) is 3.86. The number of thiocarbonyl (C=S) groups is 1. The zero-order valence-electron chi connectivity index (χ0n) is 16.2. The van der Waals surface area contributed by atoms with Crippen LogP contribution in [-0.2, 0) is 0 Å². The number of nitrogens with one attached hydrogen (secondary N) is 1. The lowest BCUT2D eigenvalue weighted by molar-refractivity contribution is 0.355. The summed E-state index contributed by atoms with van der Waals surface area (Å²) in [6, 6.07) is 9.64. The highest BCUT2D eigenvalue weighted by Gasteiger charge is 2.13. The summed E-state index contributed by atoms with van der Waals surface area (Å²) in [6.07, 6.45) is 4.96. The lowest BCUT2D eigenvalue weighted by atomic mass is 10.2. The number of hydrogen-bond donors (Lipinski definition) is 1. The van der Waals surface area contributed by atoms with Crippen molar-refractivity contribution in [3.63, 3.8) is 0 Å². The van der Waals surface area contributed by atoms with Crippen molar-refractivity contribution in [1.29, 1.82) is 0 Å². The molecule has 1 saturated heterocycles. The highest BCUT2D eigenvalue weighted by Crippen LogP contribution is 2.31. The first-order valence-electron chi connectivity index (χ1n) is 9.57. The fraction of sp³-hybridized carbons (Fsp3) is 0.381. The molecule has 28 heavy (non-hydrogen) atoms. The Morgan fingerprint density at radius 2 is 1.43 bits per heavy atom. The summed E-state index contributed by atoms with van der Waals surface area (Å²) in [5.41, 5.74) is 4.09. The molecule has 7 heteroatoms. The number of ether oxygens (including phenoxy) is 2. The summed E-state index contributed by atoms with van der Waals surface area (Å²) in [7, 11) is 3.23. The number of hydrogen-bond acceptors (Lipinski definition) is 5. The largest absolute Gasteiger partial charge is 0.493 e. The molecule has 146 valence electrons. The molecule has 0 aliphatic carbocycles. The number of anilines is 1. The van der Waals surface area contributed by atoms with Crippen LogP contribution in [0.5, 0.6) is 11.5 Å². The highest BCUT2D eigenvalue weighted by atomic mass is 32.1. The minimum Gasteiger partial charge on any atom is -0.493 e. The number of methoxy groups -OCH3 is 2. The maximum Gasteiger partial charge on any atom is 0.173 e. The highest BCUT2D eigenvalue weighted by molar-refractivity contribution is 7.80. The maximum atomic E-state index is 5.62. The van der Waals surface area contributed by atoms with Crippen LogP contribution in [0.3, 0.4) is 0 Å². The van der Waals surface area contributed by atoms with Crippen molar-refractivity contribution >= 4 is 45.1 Å². The average molecular weight is 397 g/mol. The predicted molar refractivity (Wildman–Crippen MR) is 116 cm³/mol. The average Bonchev–Trinajstić information content (AvgIpc) is 3.01. The van der Waals surface area contributed by atoms with E-state index in [1.165, 1.54) is 25.7 Å². The van der Waals surface area contributed by atoms with Gasteiger partial charge in [-0.3, -0.25) is 0 Å². The first kappa shape index (κ1) is 18.7. The smallest absolute Gasteiger partial charge is 0.173 e. The maximum absolute atomic E-state index is 5.62. The van der Waals surface area contributed by atoms with E-state index in [1.807, 2.05) is 30.3 Å². The van der Waals surface area contributed by atoms with Gasteiger partial charge in [-0.2, -0.15) is 0 Å². The van der Waals surface area contributed by atoms with Gasteiger partial charge in [-0.05, 0) is 43.3 Å². The van der Waals surface area contributed by atoms with Gasteiger partial charge in [0.1, 0.15) is 0 Å². The summed E-state index contributed by atoms with van der Waals surface area (Å²) in [6.45, 7) is 2.04. The molecule has 0 bridgehead atoms. The second-order valence-corrected chi connectivity index (χ2v) is 7.34. The Labute approximate surface area is 169 Å². The van der Waals surface area contributed by atoms with E-state index in [2.05, 4.69) is 10.2 Å². The van der Waals surface area contributed by atoms with Crippen LogP contribution in [-0.4, -0.2) is 47.3 Å². The van der Waals surface area contributed by atoms with Crippen molar-refractivity contribution in [3.05, 3.63) is 30.3 Å². The molecule has 0 saturated carbocycles. The number of likely N-dealkylation sites (tertiary alicyclic amines) is 1. The molecule has 6 nitrogen and oxygen atoms in total. The standard InChI is InChI=1S/C21H24N4O2S/c1-26-19-12-17-18(13-20(19)27-2)24-16-11-14(7-8-15(16)23-17)22-21(28)25-9-5-3-4-6-10-25/h7-8,11-13H,3-6,9-10H2,1-2H3,(H,22,28). The van der Waals surface area contributed by atoms with Crippen molar-refractivity contribution < 1.29 is 9.47 Å². The number of fused-ring (bicyclic) bond motifs is 2. The SMILES string of the molecule is COc1cc2nc3ccc(NC(=S)N4CCCCCC4)cc3nc2cc1OC. The molecule has 1 aliphatic heterocycles. The van der Waals surface area contributed by atoms with E-state index in [1.54, 1.807) is 14.2 Å². The van der Waals surface area contributed by atoms with Gasteiger partial charge < -0.3 is 19.7 Å². The minimum atomic E-state index is 0.639. The quantitative estimate of drug-likeness (QED) is 0.521. The Hall–Kier alpha value is -2.67. The molecule has 0 atom stereocenters. The first-order valence-corrected chi connectivity index (χ1v) is 9.98. The van der Waals surface area contributed by atoms with Crippen molar-refractivity contribution in [1.82, 2.24) is 14.9 Å². The molecule has 2 aromatic carbocycles. The van der Waals surface area contributed by atoms with E-state index < -0.39 is 0 Å². The van der Waals surface area contributed by atoms with Crippen molar-refractivity contribution in [2.45, 2.75) is 25.7 Å². The van der Waals surface area contributed by atoms with Crippen molar-refractivity contribution in [2.24, 2.45) is 0 Å². The summed E-state index contributed by atoms with van der Waals surface area (Å²) < 4.78 is 10.7. The zero-order valence-corrected chi connectivity index (χ0v) is 17.0. The number of benzene rings is 2. The van der Waals surface area contributed by atoms with E-state index in [0.29, 0.717) is 11.5 Å². The molecule has 2 heterocycles. The van der Waals surface area contributed by atoms with Gasteiger partial charge in [-0.15, -0.1) is 0 Å². The first-order chi connectivity index (χ1) is 13.7. The molecular formula is C21H24N4O2S. The van der Waals surface area contributed by atoms with Crippen LogP contribution < -0.4 is 14.8 Å². The summed E-state index contributed by atoms with van der Waals surface area (Å²) >= 11 is 5.62. The van der Waals surface area contributed by atoms with Crippen LogP contribution in [0.25, 0.3) is 22.1 Å². The van der Waals surface area contributed by atoms with Gasteiger partial charge in [0.05, 0.1) is 36.3 Å². The summed E-state index contributed by atoms with van der Waals surface area (Å²) in [5, 5.41) is 4.14. The van der Waals surface area contributed by atoms with Crippen molar-refractivity contribution in [2.75, 3.05) is 32.6 Å². The molecule has 4 rings (SSSR count). The third-order valence-electron chi connectivity index (χ3n) is 5.08. The second-order valence-electron chi connectivity index (χ2n) is 6.95. The van der Waals surface area contributed by atoms with Crippen LogP contribution in [0, 0.1) is 0 Å². The van der Waals surface area contributed by atoms with Crippen LogP contribution >= 0.6 is 12.2 Å². The molecule has 1 N–H and O–H groups in total. The summed E-state index contributed by atoms with van der Waals surface area (Å²) in [5.74, 6) is 1.28. The summed E-state index contributed by atoms with van der Waals surface area (Å²) in [4.78, 5) is 11.7. The zero-order chi connectivity index (χ0) is 19.5. The van der Waals surface area contributed by atoms with Crippen LogP contribution in [0.1, 0.15) is 25.7 Å². The molecule has 3 aromatic rings. The molecular weight excluding hydrogens is 372 g/mol. The van der Waals surface area contributed by atoms with E-state index in [-0.39, 0.29) is 0 Å². The molecule has 0 radical (unpaired) electrons. The van der Waals surface area contributed by atoms with E-state index in [0.717, 1.165) is 46.0 Å².